The topological polar surface area (TPSA) is 61.4 Å². The molecular formula is C24H31N3O2. The number of carbonyl (C=O) groups is 2. The Morgan fingerprint density at radius 3 is 2.34 bits per heavy atom. The van der Waals surface area contributed by atoms with E-state index < -0.39 is 0 Å². The molecule has 5 nitrogen and oxygen atoms in total. The molecule has 0 saturated carbocycles. The second-order valence-corrected chi connectivity index (χ2v) is 7.91. The predicted molar refractivity (Wildman–Crippen MR) is 115 cm³/mol. The molecule has 1 aliphatic rings. The Morgan fingerprint density at radius 1 is 1.03 bits per heavy atom. The molecule has 2 N–H and O–H groups in total. The highest BCUT2D eigenvalue weighted by Gasteiger charge is 2.34. The zero-order chi connectivity index (χ0) is 20.6. The number of hydrogen-bond donors (Lipinski definition) is 2. The fourth-order valence-electron chi connectivity index (χ4n) is 3.77. The normalized spacial score (nSPS) is 20.0. The summed E-state index contributed by atoms with van der Waals surface area (Å²) >= 11 is 0. The molecule has 0 bridgehead atoms. The molecular weight excluding hydrogens is 362 g/mol. The van der Waals surface area contributed by atoms with Gasteiger partial charge >= 0.3 is 6.03 Å². The largest absolute Gasteiger partial charge is 0.353 e. The van der Waals surface area contributed by atoms with Gasteiger partial charge in [0, 0.05) is 31.6 Å². The third-order valence-electron chi connectivity index (χ3n) is 5.67. The average molecular weight is 394 g/mol. The summed E-state index contributed by atoms with van der Waals surface area (Å²) in [6.45, 7) is 5.63. The van der Waals surface area contributed by atoms with Crippen molar-refractivity contribution in [2.75, 3.05) is 13.1 Å². The van der Waals surface area contributed by atoms with Gasteiger partial charge < -0.3 is 15.5 Å². The summed E-state index contributed by atoms with van der Waals surface area (Å²) in [5.41, 5.74) is 2.23. The van der Waals surface area contributed by atoms with E-state index in [1.807, 2.05) is 55.5 Å². The molecule has 1 fully saturated rings. The van der Waals surface area contributed by atoms with Gasteiger partial charge in [0.15, 0.2) is 0 Å². The van der Waals surface area contributed by atoms with Crippen LogP contribution in [-0.4, -0.2) is 36.0 Å². The first-order valence-electron chi connectivity index (χ1n) is 10.5. The van der Waals surface area contributed by atoms with Gasteiger partial charge in [0.1, 0.15) is 0 Å². The number of amides is 3. The van der Waals surface area contributed by atoms with E-state index in [1.54, 1.807) is 4.90 Å². The minimum atomic E-state index is -0.203. The summed E-state index contributed by atoms with van der Waals surface area (Å²) in [4.78, 5) is 27.5. The first kappa shape index (κ1) is 20.9. The molecule has 29 heavy (non-hydrogen) atoms. The molecule has 1 saturated heterocycles. The molecule has 0 unspecified atom stereocenters. The number of rotatable bonds is 6. The van der Waals surface area contributed by atoms with E-state index in [4.69, 9.17) is 0 Å². The summed E-state index contributed by atoms with van der Waals surface area (Å²) in [6, 6.07) is 20.1. The van der Waals surface area contributed by atoms with Crippen LogP contribution in [0.15, 0.2) is 60.7 Å². The molecule has 3 atom stereocenters. The highest BCUT2D eigenvalue weighted by atomic mass is 16.2. The lowest BCUT2D eigenvalue weighted by Crippen LogP contribution is -2.51. The van der Waals surface area contributed by atoms with E-state index in [0.29, 0.717) is 19.6 Å². The molecule has 0 aliphatic carbocycles. The Kier molecular flexibility index (Phi) is 7.28. The third kappa shape index (κ3) is 5.83. The van der Waals surface area contributed by atoms with Gasteiger partial charge in [-0.25, -0.2) is 4.79 Å². The number of nitrogens with zero attached hydrogens (tertiary/aromatic N) is 1. The van der Waals surface area contributed by atoms with E-state index in [9.17, 15) is 9.59 Å². The molecule has 2 aromatic rings. The van der Waals surface area contributed by atoms with Crippen LogP contribution in [0.3, 0.4) is 0 Å². The number of piperidine rings is 1. The van der Waals surface area contributed by atoms with Crippen molar-refractivity contribution in [2.45, 2.75) is 45.2 Å². The lowest BCUT2D eigenvalue weighted by Gasteiger charge is -2.37. The lowest BCUT2D eigenvalue weighted by atomic mass is 9.84. The van der Waals surface area contributed by atoms with Crippen LogP contribution >= 0.6 is 0 Å². The minimum Gasteiger partial charge on any atom is -0.353 e. The van der Waals surface area contributed by atoms with Gasteiger partial charge in [0.2, 0.25) is 5.91 Å². The highest BCUT2D eigenvalue weighted by molar-refractivity contribution is 5.81. The molecule has 1 aliphatic heterocycles. The van der Waals surface area contributed by atoms with Crippen molar-refractivity contribution < 1.29 is 9.59 Å². The number of likely N-dealkylation sites (tertiary alicyclic amines) is 1. The Balaban J connectivity index is 1.70. The number of benzene rings is 2. The number of hydrogen-bond acceptors (Lipinski definition) is 2. The van der Waals surface area contributed by atoms with E-state index in [-0.39, 0.29) is 29.8 Å². The second kappa shape index (κ2) is 10.1. The molecule has 3 amide bonds. The van der Waals surface area contributed by atoms with Crippen LogP contribution in [0, 0.1) is 5.92 Å². The van der Waals surface area contributed by atoms with Gasteiger partial charge in [-0.1, -0.05) is 67.6 Å². The smallest absolute Gasteiger partial charge is 0.317 e. The zero-order valence-corrected chi connectivity index (χ0v) is 17.3. The van der Waals surface area contributed by atoms with Gasteiger partial charge in [-0.2, -0.15) is 0 Å². The van der Waals surface area contributed by atoms with Crippen LogP contribution in [0.4, 0.5) is 4.79 Å². The molecule has 1 heterocycles. The summed E-state index contributed by atoms with van der Waals surface area (Å²) in [6.07, 6.45) is 1.65. The van der Waals surface area contributed by atoms with Gasteiger partial charge in [0.05, 0.1) is 5.92 Å². The van der Waals surface area contributed by atoms with Crippen molar-refractivity contribution in [1.82, 2.24) is 15.5 Å². The van der Waals surface area contributed by atoms with Gasteiger partial charge in [0.25, 0.3) is 0 Å². The molecule has 2 aromatic carbocycles. The quantitative estimate of drug-likeness (QED) is 0.781. The predicted octanol–water partition coefficient (Wildman–Crippen LogP) is 3.92. The van der Waals surface area contributed by atoms with Crippen molar-refractivity contribution in [2.24, 2.45) is 5.92 Å². The van der Waals surface area contributed by atoms with Crippen molar-refractivity contribution in [3.05, 3.63) is 71.8 Å². The van der Waals surface area contributed by atoms with Crippen molar-refractivity contribution in [3.8, 4) is 0 Å². The summed E-state index contributed by atoms with van der Waals surface area (Å²) in [5.74, 6) is -0.00798. The Labute approximate surface area is 173 Å². The van der Waals surface area contributed by atoms with E-state index in [0.717, 1.165) is 18.4 Å². The third-order valence-corrected chi connectivity index (χ3v) is 5.67. The number of nitrogens with one attached hydrogen (secondary N) is 2. The van der Waals surface area contributed by atoms with E-state index in [1.165, 1.54) is 5.56 Å². The number of carbonyl (C=O) groups excluding carboxylic acids is 2. The number of urea groups is 1. The standard InChI is InChI=1S/C24H31N3O2/c1-3-18(2)26-23(28)22-14-21(20-12-8-5-9-13-20)16-27(17-22)24(29)25-15-19-10-6-4-7-11-19/h4-13,18,21-22H,3,14-17H2,1-2H3,(H,25,29)(H,26,28)/t18-,21-,22-/m0/s1. The Hall–Kier alpha value is -2.82. The van der Waals surface area contributed by atoms with Crippen LogP contribution in [0.1, 0.15) is 43.7 Å². The maximum atomic E-state index is 12.9. The SMILES string of the molecule is CC[C@H](C)NC(=O)[C@H]1C[C@H](c2ccccc2)CN(C(=O)NCc2ccccc2)C1. The summed E-state index contributed by atoms with van der Waals surface area (Å²) < 4.78 is 0. The molecule has 0 spiro atoms. The lowest BCUT2D eigenvalue weighted by molar-refractivity contribution is -0.127. The highest BCUT2D eigenvalue weighted by Crippen LogP contribution is 2.30. The second-order valence-electron chi connectivity index (χ2n) is 7.91. The van der Waals surface area contributed by atoms with Crippen molar-refractivity contribution in [3.63, 3.8) is 0 Å². The minimum absolute atomic E-state index is 0.0424. The van der Waals surface area contributed by atoms with Crippen LogP contribution < -0.4 is 10.6 Å². The molecule has 0 aromatic heterocycles. The summed E-state index contributed by atoms with van der Waals surface area (Å²) in [5, 5.41) is 6.10. The monoisotopic (exact) mass is 393 g/mol. The Bertz CT molecular complexity index is 794. The molecule has 154 valence electrons. The fourth-order valence-corrected chi connectivity index (χ4v) is 3.77. The van der Waals surface area contributed by atoms with E-state index >= 15 is 0 Å². The maximum Gasteiger partial charge on any atom is 0.317 e. The first-order valence-corrected chi connectivity index (χ1v) is 10.5. The maximum absolute atomic E-state index is 12.9. The molecule has 5 heteroatoms. The van der Waals surface area contributed by atoms with Crippen LogP contribution in [-0.2, 0) is 11.3 Å². The average Bonchev–Trinajstić information content (AvgIpc) is 2.78. The van der Waals surface area contributed by atoms with Crippen molar-refractivity contribution in [1.29, 1.82) is 0 Å². The van der Waals surface area contributed by atoms with Gasteiger partial charge in [-0.15, -0.1) is 0 Å². The Morgan fingerprint density at radius 2 is 1.69 bits per heavy atom. The van der Waals surface area contributed by atoms with Crippen LogP contribution in [0.5, 0.6) is 0 Å². The van der Waals surface area contributed by atoms with Gasteiger partial charge in [-0.05, 0) is 30.9 Å². The molecule has 3 rings (SSSR count). The molecule has 0 radical (unpaired) electrons. The summed E-state index contributed by atoms with van der Waals surface area (Å²) in [7, 11) is 0. The zero-order valence-electron chi connectivity index (χ0n) is 17.3. The van der Waals surface area contributed by atoms with Crippen molar-refractivity contribution >= 4 is 11.9 Å². The first-order chi connectivity index (χ1) is 14.1. The van der Waals surface area contributed by atoms with Crippen LogP contribution in [0.25, 0.3) is 0 Å². The van der Waals surface area contributed by atoms with E-state index in [2.05, 4.69) is 29.7 Å². The fraction of sp³-hybridized carbons (Fsp3) is 0.417. The van der Waals surface area contributed by atoms with Crippen LogP contribution in [0.2, 0.25) is 0 Å². The van der Waals surface area contributed by atoms with Gasteiger partial charge in [-0.3, -0.25) is 4.79 Å².